The third kappa shape index (κ3) is 6.24. The fourth-order valence-corrected chi connectivity index (χ4v) is 4.46. The molecular formula is C25H24F2N4O2S. The Morgan fingerprint density at radius 3 is 2.74 bits per heavy atom. The SMILES string of the molecule is Cc1nccc(C2CCCSC(NC(=O)c3ccccc3)=NC(c3ccc(F)cc3F)CO2)n1. The first-order valence-corrected chi connectivity index (χ1v) is 11.9. The van der Waals surface area contributed by atoms with Gasteiger partial charge in [-0.2, -0.15) is 0 Å². The molecule has 2 unspecified atom stereocenters. The number of carbonyl (C=O) groups excluding carboxylic acids is 1. The summed E-state index contributed by atoms with van der Waals surface area (Å²) in [5.41, 5.74) is 1.42. The van der Waals surface area contributed by atoms with Crippen LogP contribution in [0.1, 0.15) is 52.4 Å². The molecule has 0 spiro atoms. The minimum absolute atomic E-state index is 0.0293. The van der Waals surface area contributed by atoms with Gasteiger partial charge in [-0.1, -0.05) is 36.0 Å². The number of nitrogens with one attached hydrogen (secondary N) is 1. The minimum Gasteiger partial charge on any atom is -0.369 e. The Morgan fingerprint density at radius 1 is 1.15 bits per heavy atom. The lowest BCUT2D eigenvalue weighted by Crippen LogP contribution is -2.30. The van der Waals surface area contributed by atoms with Crippen molar-refractivity contribution in [3.05, 3.63) is 95.1 Å². The third-order valence-electron chi connectivity index (χ3n) is 5.28. The predicted molar refractivity (Wildman–Crippen MR) is 128 cm³/mol. The van der Waals surface area contributed by atoms with E-state index in [1.54, 1.807) is 36.5 Å². The smallest absolute Gasteiger partial charge is 0.257 e. The molecule has 0 bridgehead atoms. The van der Waals surface area contributed by atoms with Gasteiger partial charge in [0.2, 0.25) is 0 Å². The van der Waals surface area contributed by atoms with Gasteiger partial charge in [-0.25, -0.2) is 18.7 Å². The van der Waals surface area contributed by atoms with Crippen molar-refractivity contribution in [2.45, 2.75) is 31.9 Å². The van der Waals surface area contributed by atoms with E-state index in [4.69, 9.17) is 4.74 Å². The molecule has 1 aromatic heterocycles. The lowest BCUT2D eigenvalue weighted by Gasteiger charge is -2.23. The van der Waals surface area contributed by atoms with E-state index in [0.717, 1.165) is 18.2 Å². The van der Waals surface area contributed by atoms with Crippen molar-refractivity contribution < 1.29 is 18.3 Å². The Bertz CT molecular complexity index is 1180. The summed E-state index contributed by atoms with van der Waals surface area (Å²) in [6, 6.07) is 13.2. The van der Waals surface area contributed by atoms with Gasteiger partial charge in [0, 0.05) is 29.1 Å². The van der Waals surface area contributed by atoms with E-state index in [-0.39, 0.29) is 24.2 Å². The van der Waals surface area contributed by atoms with Crippen LogP contribution in [-0.2, 0) is 4.74 Å². The van der Waals surface area contributed by atoms with Gasteiger partial charge in [-0.3, -0.25) is 9.79 Å². The zero-order valence-corrected chi connectivity index (χ0v) is 19.4. The first-order valence-electron chi connectivity index (χ1n) is 10.9. The molecule has 0 aliphatic carbocycles. The van der Waals surface area contributed by atoms with Crippen molar-refractivity contribution in [3.63, 3.8) is 0 Å². The number of aromatic nitrogens is 2. The number of nitrogens with zero attached hydrogens (tertiary/aromatic N) is 3. The predicted octanol–water partition coefficient (Wildman–Crippen LogP) is 5.18. The molecule has 1 aliphatic heterocycles. The molecule has 34 heavy (non-hydrogen) atoms. The van der Waals surface area contributed by atoms with Gasteiger partial charge in [0.1, 0.15) is 23.5 Å². The van der Waals surface area contributed by atoms with Crippen LogP contribution >= 0.6 is 11.8 Å². The summed E-state index contributed by atoms with van der Waals surface area (Å²) in [5.74, 6) is -0.402. The van der Waals surface area contributed by atoms with Gasteiger partial charge in [0.25, 0.3) is 5.91 Å². The van der Waals surface area contributed by atoms with Crippen LogP contribution in [0.5, 0.6) is 0 Å². The molecule has 2 atom stereocenters. The quantitative estimate of drug-likeness (QED) is 0.557. The molecule has 1 N–H and O–H groups in total. The largest absolute Gasteiger partial charge is 0.369 e. The van der Waals surface area contributed by atoms with Crippen LogP contribution in [0.4, 0.5) is 8.78 Å². The first-order chi connectivity index (χ1) is 16.5. The standard InChI is InChI=1S/C25H24F2N4O2S/c1-16-28-12-11-21(29-16)23-8-5-13-34-25(31-24(32)17-6-3-2-4-7-17)30-22(15-33-23)19-10-9-18(26)14-20(19)27/h2-4,6-7,9-12,14,22-23H,5,8,13,15H2,1H3,(H,30,31,32). The Morgan fingerprint density at radius 2 is 1.97 bits per heavy atom. The lowest BCUT2D eigenvalue weighted by atomic mass is 10.1. The van der Waals surface area contributed by atoms with E-state index in [0.29, 0.717) is 28.7 Å². The number of carbonyl (C=O) groups is 1. The van der Waals surface area contributed by atoms with Gasteiger partial charge in [-0.05, 0) is 44.0 Å². The number of hydrogen-bond acceptors (Lipinski definition) is 6. The molecule has 1 amide bonds. The molecule has 6 nitrogen and oxygen atoms in total. The summed E-state index contributed by atoms with van der Waals surface area (Å²) >= 11 is 1.38. The highest BCUT2D eigenvalue weighted by atomic mass is 32.2. The van der Waals surface area contributed by atoms with E-state index >= 15 is 0 Å². The van der Waals surface area contributed by atoms with Crippen LogP contribution in [0.15, 0.2) is 65.8 Å². The van der Waals surface area contributed by atoms with Gasteiger partial charge in [0.05, 0.1) is 18.4 Å². The summed E-state index contributed by atoms with van der Waals surface area (Å²) in [7, 11) is 0. The monoisotopic (exact) mass is 482 g/mol. The van der Waals surface area contributed by atoms with Crippen LogP contribution in [0.3, 0.4) is 0 Å². The summed E-state index contributed by atoms with van der Waals surface area (Å²) in [5, 5.41) is 3.20. The Hall–Kier alpha value is -3.17. The molecule has 0 saturated heterocycles. The number of aliphatic imine (C=N–C) groups is 1. The van der Waals surface area contributed by atoms with E-state index in [1.165, 1.54) is 23.9 Å². The maximum Gasteiger partial charge on any atom is 0.257 e. The Labute approximate surface area is 200 Å². The molecule has 9 heteroatoms. The number of rotatable bonds is 3. The van der Waals surface area contributed by atoms with E-state index in [9.17, 15) is 13.6 Å². The molecule has 3 aromatic rings. The number of amidine groups is 1. The number of thioether (sulfide) groups is 1. The minimum atomic E-state index is -0.789. The number of aryl methyl sites for hydroxylation is 1. The molecule has 0 fully saturated rings. The zero-order valence-electron chi connectivity index (χ0n) is 18.6. The number of halogens is 2. The topological polar surface area (TPSA) is 76.5 Å². The fraction of sp³-hybridized carbons (Fsp3) is 0.280. The molecule has 1 aliphatic rings. The van der Waals surface area contributed by atoms with Crippen LogP contribution in [0.25, 0.3) is 0 Å². The van der Waals surface area contributed by atoms with Crippen LogP contribution < -0.4 is 5.32 Å². The summed E-state index contributed by atoms with van der Waals surface area (Å²) in [6.07, 6.45) is 2.83. The summed E-state index contributed by atoms with van der Waals surface area (Å²) < 4.78 is 34.4. The lowest BCUT2D eigenvalue weighted by molar-refractivity contribution is 0.0340. The molecule has 0 saturated carbocycles. The normalized spacial score (nSPS) is 19.2. The molecular weight excluding hydrogens is 458 g/mol. The van der Waals surface area contributed by atoms with Crippen molar-refractivity contribution in [1.82, 2.24) is 15.3 Å². The van der Waals surface area contributed by atoms with E-state index in [2.05, 4.69) is 20.3 Å². The Balaban J connectivity index is 1.63. The van der Waals surface area contributed by atoms with Crippen molar-refractivity contribution in [2.24, 2.45) is 4.99 Å². The number of ether oxygens (including phenoxy) is 1. The fourth-order valence-electron chi connectivity index (χ4n) is 3.59. The van der Waals surface area contributed by atoms with Crippen molar-refractivity contribution >= 4 is 22.8 Å². The molecule has 2 aromatic carbocycles. The van der Waals surface area contributed by atoms with Crippen molar-refractivity contribution in [2.75, 3.05) is 12.4 Å². The molecule has 4 rings (SSSR count). The van der Waals surface area contributed by atoms with Crippen LogP contribution in [0.2, 0.25) is 0 Å². The molecule has 176 valence electrons. The van der Waals surface area contributed by atoms with Crippen molar-refractivity contribution in [1.29, 1.82) is 0 Å². The number of benzene rings is 2. The molecule has 2 heterocycles. The number of amides is 1. The van der Waals surface area contributed by atoms with Gasteiger partial charge < -0.3 is 10.1 Å². The second kappa shape index (κ2) is 11.3. The zero-order chi connectivity index (χ0) is 23.9. The third-order valence-corrected chi connectivity index (χ3v) is 6.26. The van der Waals surface area contributed by atoms with E-state index < -0.39 is 17.7 Å². The van der Waals surface area contributed by atoms with Gasteiger partial charge in [0.15, 0.2) is 5.17 Å². The highest BCUT2D eigenvalue weighted by Crippen LogP contribution is 2.30. The highest BCUT2D eigenvalue weighted by molar-refractivity contribution is 8.13. The maximum atomic E-state index is 14.7. The second-order valence-corrected chi connectivity index (χ2v) is 8.86. The highest BCUT2D eigenvalue weighted by Gasteiger charge is 2.23. The van der Waals surface area contributed by atoms with Crippen molar-refractivity contribution in [3.8, 4) is 0 Å². The number of hydrogen-bond donors (Lipinski definition) is 1. The first kappa shape index (κ1) is 24.0. The molecule has 0 radical (unpaired) electrons. The maximum absolute atomic E-state index is 14.7. The second-order valence-electron chi connectivity index (χ2n) is 7.78. The van der Waals surface area contributed by atoms with Gasteiger partial charge in [-0.15, -0.1) is 0 Å². The summed E-state index contributed by atoms with van der Waals surface area (Å²) in [6.45, 7) is 1.84. The average Bonchev–Trinajstić information content (AvgIpc) is 2.83. The average molecular weight is 483 g/mol. The van der Waals surface area contributed by atoms with E-state index in [1.807, 2.05) is 13.0 Å². The Kier molecular flexibility index (Phi) is 7.97. The van der Waals surface area contributed by atoms with Crippen LogP contribution in [-0.4, -0.2) is 33.4 Å². The summed E-state index contributed by atoms with van der Waals surface area (Å²) in [4.78, 5) is 26.0. The van der Waals surface area contributed by atoms with Crippen LogP contribution in [0, 0.1) is 18.6 Å². The van der Waals surface area contributed by atoms with Gasteiger partial charge >= 0.3 is 0 Å².